The van der Waals surface area contributed by atoms with Crippen LogP contribution >= 0.6 is 0 Å². The van der Waals surface area contributed by atoms with Crippen LogP contribution in [-0.2, 0) is 19.1 Å². The van der Waals surface area contributed by atoms with E-state index in [1.54, 1.807) is 12.1 Å². The molecule has 142 valence electrons. The number of nitrogens with one attached hydrogen (secondary N) is 1. The number of furan rings is 1. The minimum absolute atomic E-state index is 0.147. The summed E-state index contributed by atoms with van der Waals surface area (Å²) >= 11 is 0. The number of ether oxygens (including phenoxy) is 1. The summed E-state index contributed by atoms with van der Waals surface area (Å²) in [4.78, 5) is 36.9. The molecule has 2 rings (SSSR count). The highest BCUT2D eigenvalue weighted by molar-refractivity contribution is 5.95. The molecule has 1 aromatic heterocycles. The lowest BCUT2D eigenvalue weighted by atomic mass is 10.1. The first-order valence-electron chi connectivity index (χ1n) is 8.34. The highest BCUT2D eigenvalue weighted by Crippen LogP contribution is 2.16. The van der Waals surface area contributed by atoms with Crippen LogP contribution in [0.15, 0.2) is 47.1 Å². The van der Waals surface area contributed by atoms with Gasteiger partial charge in [0, 0.05) is 18.8 Å². The van der Waals surface area contributed by atoms with Crippen molar-refractivity contribution in [2.45, 2.75) is 13.8 Å². The Morgan fingerprint density at radius 1 is 1.22 bits per heavy atom. The lowest BCUT2D eigenvalue weighted by Gasteiger charge is -2.17. The second-order valence-corrected chi connectivity index (χ2v) is 6.07. The summed E-state index contributed by atoms with van der Waals surface area (Å²) in [6, 6.07) is 9.09. The summed E-state index contributed by atoms with van der Waals surface area (Å²) in [7, 11) is 1.47. The first-order chi connectivity index (χ1) is 12.8. The zero-order valence-electron chi connectivity index (χ0n) is 15.5. The number of amides is 2. The molecule has 0 radical (unpaired) electrons. The van der Waals surface area contributed by atoms with Crippen molar-refractivity contribution in [3.63, 3.8) is 0 Å². The van der Waals surface area contributed by atoms with E-state index in [9.17, 15) is 14.4 Å². The molecule has 7 nitrogen and oxygen atoms in total. The van der Waals surface area contributed by atoms with E-state index in [-0.39, 0.29) is 12.5 Å². The second kappa shape index (κ2) is 9.38. The molecule has 0 aliphatic carbocycles. The number of anilines is 1. The van der Waals surface area contributed by atoms with E-state index in [1.165, 1.54) is 30.4 Å². The quantitative estimate of drug-likeness (QED) is 0.598. The monoisotopic (exact) mass is 370 g/mol. The van der Waals surface area contributed by atoms with Crippen molar-refractivity contribution in [3.05, 3.63) is 59.6 Å². The summed E-state index contributed by atoms with van der Waals surface area (Å²) in [6.07, 6.45) is 4.08. The summed E-state index contributed by atoms with van der Waals surface area (Å²) in [5.74, 6) is -0.985. The maximum atomic E-state index is 12.1. The van der Waals surface area contributed by atoms with Crippen molar-refractivity contribution in [1.29, 1.82) is 0 Å². The molecule has 7 heteroatoms. The van der Waals surface area contributed by atoms with Gasteiger partial charge in [-0.15, -0.1) is 0 Å². The molecule has 0 unspecified atom stereocenters. The van der Waals surface area contributed by atoms with Gasteiger partial charge < -0.3 is 19.4 Å². The van der Waals surface area contributed by atoms with Crippen molar-refractivity contribution in [3.8, 4) is 0 Å². The van der Waals surface area contributed by atoms with E-state index < -0.39 is 18.5 Å². The van der Waals surface area contributed by atoms with Crippen molar-refractivity contribution in [2.24, 2.45) is 0 Å². The Labute approximate surface area is 157 Å². The molecule has 0 atom stereocenters. The SMILES string of the molecule is Cc1ccc(C)c(NC(=O)CN(C)C(=O)COC(=O)/C=C/c2ccco2)c1. The Hall–Kier alpha value is -3.35. The third kappa shape index (κ3) is 6.47. The average molecular weight is 370 g/mol. The highest BCUT2D eigenvalue weighted by atomic mass is 16.5. The van der Waals surface area contributed by atoms with Gasteiger partial charge >= 0.3 is 5.97 Å². The smallest absolute Gasteiger partial charge is 0.331 e. The largest absolute Gasteiger partial charge is 0.465 e. The molecule has 1 N–H and O–H groups in total. The second-order valence-electron chi connectivity index (χ2n) is 6.07. The van der Waals surface area contributed by atoms with Crippen LogP contribution in [0.2, 0.25) is 0 Å². The molecule has 27 heavy (non-hydrogen) atoms. The Kier molecular flexibility index (Phi) is 6.93. The molecule has 0 bridgehead atoms. The summed E-state index contributed by atoms with van der Waals surface area (Å²) in [5.41, 5.74) is 2.66. The maximum Gasteiger partial charge on any atom is 0.331 e. The fraction of sp³-hybridized carbons (Fsp3) is 0.250. The molecule has 1 heterocycles. The van der Waals surface area contributed by atoms with E-state index in [2.05, 4.69) is 5.32 Å². The number of carbonyl (C=O) groups is 3. The normalized spacial score (nSPS) is 10.6. The zero-order valence-corrected chi connectivity index (χ0v) is 15.5. The molecule has 0 fully saturated rings. The van der Waals surface area contributed by atoms with Crippen molar-refractivity contribution < 1.29 is 23.5 Å². The third-order valence-corrected chi connectivity index (χ3v) is 3.74. The number of carbonyl (C=O) groups excluding carboxylic acids is 3. The van der Waals surface area contributed by atoms with Gasteiger partial charge in [0.05, 0.1) is 12.8 Å². The van der Waals surface area contributed by atoms with Crippen LogP contribution in [0.4, 0.5) is 5.69 Å². The number of aryl methyl sites for hydroxylation is 2. The van der Waals surface area contributed by atoms with Crippen LogP contribution in [0.25, 0.3) is 6.08 Å². The van der Waals surface area contributed by atoms with E-state index >= 15 is 0 Å². The molecule has 0 saturated carbocycles. The molecule has 0 aliphatic rings. The van der Waals surface area contributed by atoms with Crippen LogP contribution in [0, 0.1) is 13.8 Å². The summed E-state index contributed by atoms with van der Waals surface area (Å²) in [5, 5.41) is 2.78. The topological polar surface area (TPSA) is 88.9 Å². The number of hydrogen-bond donors (Lipinski definition) is 1. The van der Waals surface area contributed by atoms with E-state index in [4.69, 9.17) is 9.15 Å². The van der Waals surface area contributed by atoms with Gasteiger partial charge in [0.25, 0.3) is 5.91 Å². The number of hydrogen-bond acceptors (Lipinski definition) is 5. The lowest BCUT2D eigenvalue weighted by Crippen LogP contribution is -2.37. The van der Waals surface area contributed by atoms with Crippen molar-refractivity contribution in [2.75, 3.05) is 25.5 Å². The lowest BCUT2D eigenvalue weighted by molar-refractivity contribution is -0.148. The van der Waals surface area contributed by atoms with Gasteiger partial charge in [0.2, 0.25) is 5.91 Å². The van der Waals surface area contributed by atoms with E-state index in [0.717, 1.165) is 11.1 Å². The molecule has 2 amide bonds. The highest BCUT2D eigenvalue weighted by Gasteiger charge is 2.15. The Balaban J connectivity index is 1.78. The fourth-order valence-corrected chi connectivity index (χ4v) is 2.19. The van der Waals surface area contributed by atoms with Crippen LogP contribution < -0.4 is 5.32 Å². The van der Waals surface area contributed by atoms with Crippen molar-refractivity contribution in [1.82, 2.24) is 4.90 Å². The maximum absolute atomic E-state index is 12.1. The van der Waals surface area contributed by atoms with Gasteiger partial charge in [-0.3, -0.25) is 9.59 Å². The minimum Gasteiger partial charge on any atom is -0.465 e. The van der Waals surface area contributed by atoms with Gasteiger partial charge in [-0.2, -0.15) is 0 Å². The zero-order chi connectivity index (χ0) is 19.8. The molecular formula is C20H22N2O5. The number of benzene rings is 1. The van der Waals surface area contributed by atoms with Gasteiger partial charge in [-0.1, -0.05) is 12.1 Å². The molecular weight excluding hydrogens is 348 g/mol. The number of rotatable bonds is 7. The van der Waals surface area contributed by atoms with Crippen molar-refractivity contribution >= 4 is 29.5 Å². The Morgan fingerprint density at radius 2 is 2.00 bits per heavy atom. The average Bonchev–Trinajstić information content (AvgIpc) is 3.14. The predicted octanol–water partition coefficient (Wildman–Crippen LogP) is 2.55. The van der Waals surface area contributed by atoms with E-state index in [0.29, 0.717) is 11.4 Å². The molecule has 0 spiro atoms. The molecule has 2 aromatic rings. The standard InChI is InChI=1S/C20H22N2O5/c1-14-6-7-15(2)17(11-14)21-18(23)12-22(3)19(24)13-27-20(25)9-8-16-5-4-10-26-16/h4-11H,12-13H2,1-3H3,(H,21,23)/b9-8+. The third-order valence-electron chi connectivity index (χ3n) is 3.74. The van der Waals surface area contributed by atoms with Gasteiger partial charge in [-0.05, 0) is 49.2 Å². The van der Waals surface area contributed by atoms with Crippen LogP contribution in [0.1, 0.15) is 16.9 Å². The van der Waals surface area contributed by atoms with Crippen LogP contribution in [0.5, 0.6) is 0 Å². The number of likely N-dealkylation sites (N-methyl/N-ethyl adjacent to an activating group) is 1. The van der Waals surface area contributed by atoms with Gasteiger partial charge in [0.15, 0.2) is 6.61 Å². The molecule has 0 saturated heterocycles. The molecule has 1 aromatic carbocycles. The fourth-order valence-electron chi connectivity index (χ4n) is 2.19. The number of nitrogens with zero attached hydrogens (tertiary/aromatic N) is 1. The first kappa shape index (κ1) is 20.0. The predicted molar refractivity (Wildman–Crippen MR) is 101 cm³/mol. The summed E-state index contributed by atoms with van der Waals surface area (Å²) in [6.45, 7) is 3.22. The summed E-state index contributed by atoms with van der Waals surface area (Å²) < 4.78 is 9.91. The van der Waals surface area contributed by atoms with Crippen LogP contribution in [0.3, 0.4) is 0 Å². The Morgan fingerprint density at radius 3 is 2.70 bits per heavy atom. The minimum atomic E-state index is -0.673. The first-order valence-corrected chi connectivity index (χ1v) is 8.34. The Bertz CT molecular complexity index is 840. The van der Waals surface area contributed by atoms with Gasteiger partial charge in [-0.25, -0.2) is 4.79 Å². The van der Waals surface area contributed by atoms with Crippen LogP contribution in [-0.4, -0.2) is 42.9 Å². The van der Waals surface area contributed by atoms with Gasteiger partial charge in [0.1, 0.15) is 5.76 Å². The van der Waals surface area contributed by atoms with E-state index in [1.807, 2.05) is 32.0 Å². The molecule has 0 aliphatic heterocycles. The number of esters is 1.